The summed E-state index contributed by atoms with van der Waals surface area (Å²) >= 11 is 0. The summed E-state index contributed by atoms with van der Waals surface area (Å²) in [6.45, 7) is 1.13. The van der Waals surface area contributed by atoms with Crippen molar-refractivity contribution in [3.05, 3.63) is 24.3 Å². The van der Waals surface area contributed by atoms with Gasteiger partial charge < -0.3 is 19.7 Å². The van der Waals surface area contributed by atoms with Gasteiger partial charge in [-0.15, -0.1) is 0 Å². The third-order valence-corrected chi connectivity index (χ3v) is 4.62. The van der Waals surface area contributed by atoms with Gasteiger partial charge in [-0.2, -0.15) is 0 Å². The van der Waals surface area contributed by atoms with Gasteiger partial charge in [-0.1, -0.05) is 31.4 Å². The number of nitrogens with zero attached hydrogens (tertiary/aromatic N) is 1. The molecule has 7 nitrogen and oxygen atoms in total. The van der Waals surface area contributed by atoms with Crippen LogP contribution in [-0.2, 0) is 19.1 Å². The van der Waals surface area contributed by atoms with E-state index in [2.05, 4.69) is 5.32 Å². The van der Waals surface area contributed by atoms with E-state index in [1.54, 1.807) is 29.2 Å². The fourth-order valence-corrected chi connectivity index (χ4v) is 3.17. The number of esters is 1. The Morgan fingerprint density at radius 2 is 1.81 bits per heavy atom. The molecule has 140 valence electrons. The highest BCUT2D eigenvalue weighted by Crippen LogP contribution is 2.29. The number of para-hydroxylation sites is 2. The summed E-state index contributed by atoms with van der Waals surface area (Å²) in [4.78, 5) is 38.0. The molecule has 2 aliphatic rings. The number of hydrogen-bond donors (Lipinski definition) is 1. The minimum Gasteiger partial charge on any atom is -0.478 e. The first-order valence-electron chi connectivity index (χ1n) is 9.13. The minimum absolute atomic E-state index is 0.181. The topological polar surface area (TPSA) is 84.9 Å². The number of hydrogen-bond acceptors (Lipinski definition) is 5. The van der Waals surface area contributed by atoms with Crippen molar-refractivity contribution in [2.75, 3.05) is 25.0 Å². The van der Waals surface area contributed by atoms with E-state index in [9.17, 15) is 14.4 Å². The molecule has 2 amide bonds. The first-order chi connectivity index (χ1) is 12.6. The average Bonchev–Trinajstić information content (AvgIpc) is 2.60. The summed E-state index contributed by atoms with van der Waals surface area (Å²) in [7, 11) is 0. The van der Waals surface area contributed by atoms with Crippen molar-refractivity contribution >= 4 is 23.5 Å². The van der Waals surface area contributed by atoms with E-state index < -0.39 is 18.0 Å². The molecular formula is C19H24N2O5. The minimum atomic E-state index is -0.950. The number of rotatable bonds is 4. The molecule has 1 aromatic rings. The normalized spacial score (nSPS) is 20.1. The van der Waals surface area contributed by atoms with Gasteiger partial charge in [0.15, 0.2) is 12.7 Å². The van der Waals surface area contributed by atoms with Crippen molar-refractivity contribution in [1.29, 1.82) is 0 Å². The quantitative estimate of drug-likeness (QED) is 0.832. The maximum atomic E-state index is 12.2. The van der Waals surface area contributed by atoms with Crippen molar-refractivity contribution in [3.63, 3.8) is 0 Å². The van der Waals surface area contributed by atoms with Crippen LogP contribution in [0, 0.1) is 0 Å². The van der Waals surface area contributed by atoms with Gasteiger partial charge in [-0.3, -0.25) is 14.4 Å². The number of nitrogens with one attached hydrogen (secondary N) is 1. The van der Waals surface area contributed by atoms with E-state index >= 15 is 0 Å². The van der Waals surface area contributed by atoms with Crippen LogP contribution in [-0.4, -0.2) is 48.5 Å². The van der Waals surface area contributed by atoms with Gasteiger partial charge in [0.1, 0.15) is 5.75 Å². The number of amides is 2. The van der Waals surface area contributed by atoms with Gasteiger partial charge in [0.2, 0.25) is 0 Å². The van der Waals surface area contributed by atoms with E-state index in [0.717, 1.165) is 25.7 Å². The van der Waals surface area contributed by atoms with E-state index in [0.29, 0.717) is 24.5 Å². The molecule has 2 aliphatic heterocycles. The maximum absolute atomic E-state index is 12.2. The van der Waals surface area contributed by atoms with Crippen molar-refractivity contribution in [1.82, 2.24) is 4.90 Å². The number of ether oxygens (including phenoxy) is 2. The highest BCUT2D eigenvalue weighted by atomic mass is 16.5. The molecule has 0 aromatic heterocycles. The summed E-state index contributed by atoms with van der Waals surface area (Å²) < 4.78 is 10.6. The number of benzene rings is 1. The molecule has 0 radical (unpaired) electrons. The Labute approximate surface area is 152 Å². The molecule has 0 aliphatic carbocycles. The zero-order valence-electron chi connectivity index (χ0n) is 14.7. The monoisotopic (exact) mass is 360 g/mol. The van der Waals surface area contributed by atoms with E-state index in [1.807, 2.05) is 0 Å². The van der Waals surface area contributed by atoms with Gasteiger partial charge in [0.25, 0.3) is 11.8 Å². The third kappa shape index (κ3) is 4.74. The molecule has 7 heteroatoms. The Morgan fingerprint density at radius 3 is 2.58 bits per heavy atom. The van der Waals surface area contributed by atoms with Gasteiger partial charge in [-0.05, 0) is 25.0 Å². The molecule has 2 heterocycles. The molecule has 0 unspecified atom stereocenters. The number of carbonyl (C=O) groups is 3. The lowest BCUT2D eigenvalue weighted by Crippen LogP contribution is -2.40. The standard InChI is InChI=1S/C19H24N2O5/c22-17(21-10-6-2-1-3-7-11-21)13-25-18(23)12-16-19(24)20-14-8-4-5-9-15(14)26-16/h4-5,8-9,16H,1-3,6-7,10-13H2,(H,20,24)/t16-/m1/s1. The van der Waals surface area contributed by atoms with Crippen LogP contribution >= 0.6 is 0 Å². The van der Waals surface area contributed by atoms with Crippen LogP contribution < -0.4 is 10.1 Å². The summed E-state index contributed by atoms with van der Waals surface area (Å²) in [5.41, 5.74) is 0.578. The summed E-state index contributed by atoms with van der Waals surface area (Å²) in [5, 5.41) is 2.70. The van der Waals surface area contributed by atoms with Crippen LogP contribution in [0.2, 0.25) is 0 Å². The predicted molar refractivity (Wildman–Crippen MR) is 94.7 cm³/mol. The highest BCUT2D eigenvalue weighted by molar-refractivity contribution is 5.99. The zero-order chi connectivity index (χ0) is 18.4. The number of likely N-dealkylation sites (tertiary alicyclic amines) is 1. The lowest BCUT2D eigenvalue weighted by atomic mass is 10.1. The van der Waals surface area contributed by atoms with Crippen molar-refractivity contribution < 1.29 is 23.9 Å². The van der Waals surface area contributed by atoms with E-state index in [1.165, 1.54) is 6.42 Å². The molecular weight excluding hydrogens is 336 g/mol. The average molecular weight is 360 g/mol. The molecule has 1 saturated heterocycles. The second-order valence-corrected chi connectivity index (χ2v) is 6.61. The van der Waals surface area contributed by atoms with Gasteiger partial charge in [0.05, 0.1) is 12.1 Å². The summed E-state index contributed by atoms with van der Waals surface area (Å²) in [6, 6.07) is 7.02. The molecule has 1 fully saturated rings. The summed E-state index contributed by atoms with van der Waals surface area (Å²) in [6.07, 6.45) is 4.24. The number of anilines is 1. The van der Waals surface area contributed by atoms with Crippen LogP contribution in [0.3, 0.4) is 0 Å². The molecule has 0 spiro atoms. The molecule has 0 bridgehead atoms. The van der Waals surface area contributed by atoms with Gasteiger partial charge in [-0.25, -0.2) is 0 Å². The fourth-order valence-electron chi connectivity index (χ4n) is 3.17. The highest BCUT2D eigenvalue weighted by Gasteiger charge is 2.30. The Morgan fingerprint density at radius 1 is 1.12 bits per heavy atom. The van der Waals surface area contributed by atoms with E-state index in [4.69, 9.17) is 9.47 Å². The van der Waals surface area contributed by atoms with Crippen molar-refractivity contribution in [2.45, 2.75) is 44.6 Å². The lowest BCUT2D eigenvalue weighted by Gasteiger charge is -2.26. The van der Waals surface area contributed by atoms with Gasteiger partial charge >= 0.3 is 5.97 Å². The Balaban J connectivity index is 1.46. The van der Waals surface area contributed by atoms with E-state index in [-0.39, 0.29) is 18.9 Å². The molecule has 26 heavy (non-hydrogen) atoms. The smallest absolute Gasteiger partial charge is 0.310 e. The zero-order valence-corrected chi connectivity index (χ0v) is 14.7. The molecule has 1 atom stereocenters. The first kappa shape index (κ1) is 18.2. The van der Waals surface area contributed by atoms with Crippen molar-refractivity contribution in [2.24, 2.45) is 0 Å². The second kappa shape index (κ2) is 8.69. The Bertz CT molecular complexity index is 668. The lowest BCUT2D eigenvalue weighted by molar-refractivity contribution is -0.154. The second-order valence-electron chi connectivity index (χ2n) is 6.61. The van der Waals surface area contributed by atoms with Gasteiger partial charge in [0, 0.05) is 13.1 Å². The molecule has 1 aromatic carbocycles. The van der Waals surface area contributed by atoms with Crippen LogP contribution in [0.5, 0.6) is 5.75 Å². The van der Waals surface area contributed by atoms with Crippen LogP contribution in [0.25, 0.3) is 0 Å². The van der Waals surface area contributed by atoms with Crippen LogP contribution in [0.4, 0.5) is 5.69 Å². The predicted octanol–water partition coefficient (Wildman–Crippen LogP) is 2.11. The number of carbonyl (C=O) groups excluding carboxylic acids is 3. The maximum Gasteiger partial charge on any atom is 0.310 e. The first-order valence-corrected chi connectivity index (χ1v) is 9.13. The Hall–Kier alpha value is -2.57. The van der Waals surface area contributed by atoms with Crippen LogP contribution in [0.15, 0.2) is 24.3 Å². The Kier molecular flexibility index (Phi) is 6.09. The third-order valence-electron chi connectivity index (χ3n) is 4.62. The molecule has 1 N–H and O–H groups in total. The molecule has 0 saturated carbocycles. The molecule has 3 rings (SSSR count). The largest absolute Gasteiger partial charge is 0.478 e. The van der Waals surface area contributed by atoms with Crippen molar-refractivity contribution in [3.8, 4) is 5.75 Å². The SMILES string of the molecule is O=C(C[C@H]1Oc2ccccc2NC1=O)OCC(=O)N1CCCCCCC1. The number of fused-ring (bicyclic) bond motifs is 1. The fraction of sp³-hybridized carbons (Fsp3) is 0.526. The van der Waals surface area contributed by atoms with Crippen LogP contribution in [0.1, 0.15) is 38.5 Å². The summed E-state index contributed by atoms with van der Waals surface area (Å²) in [5.74, 6) is -0.679.